The molecule has 0 saturated heterocycles. The average Bonchev–Trinajstić information content (AvgIpc) is 3.13. The molecule has 1 heteroatoms. The summed E-state index contributed by atoms with van der Waals surface area (Å²) in [5, 5.41) is 3.77. The Hall–Kier alpha value is -1.08. The Labute approximate surface area is 175 Å². The first kappa shape index (κ1) is 23.2. The number of fused-ring (bicyclic) bond motifs is 1. The minimum atomic E-state index is 0.681. The lowest BCUT2D eigenvalue weighted by molar-refractivity contribution is 0.502. The molecule has 0 aromatic heterocycles. The zero-order valence-electron chi connectivity index (χ0n) is 18.6. The molecule has 0 unspecified atom stereocenters. The summed E-state index contributed by atoms with van der Waals surface area (Å²) in [6.45, 7) is 3.48. The molecule has 0 heterocycles. The van der Waals surface area contributed by atoms with Crippen molar-refractivity contribution < 1.29 is 0 Å². The third-order valence-electron chi connectivity index (χ3n) is 6.17. The van der Waals surface area contributed by atoms with Crippen molar-refractivity contribution in [2.24, 2.45) is 0 Å². The van der Waals surface area contributed by atoms with Crippen molar-refractivity contribution in [3.63, 3.8) is 0 Å². The van der Waals surface area contributed by atoms with E-state index in [4.69, 9.17) is 0 Å². The molecule has 1 aliphatic carbocycles. The van der Waals surface area contributed by atoms with Crippen molar-refractivity contribution in [3.8, 4) is 0 Å². The van der Waals surface area contributed by atoms with Gasteiger partial charge in [0.25, 0.3) is 0 Å². The van der Waals surface area contributed by atoms with E-state index in [9.17, 15) is 0 Å². The van der Waals surface area contributed by atoms with Gasteiger partial charge in [0, 0.05) is 6.04 Å². The van der Waals surface area contributed by atoms with Crippen LogP contribution in [0.25, 0.3) is 0 Å². The monoisotopic (exact) mass is 383 g/mol. The normalized spacial score (nSPS) is 14.2. The van der Waals surface area contributed by atoms with Crippen LogP contribution in [0.4, 0.5) is 0 Å². The highest BCUT2D eigenvalue weighted by molar-refractivity contribution is 5.33. The van der Waals surface area contributed by atoms with Crippen molar-refractivity contribution in [1.29, 1.82) is 0 Å². The van der Waals surface area contributed by atoms with Gasteiger partial charge in [0.2, 0.25) is 0 Å². The molecule has 1 aromatic rings. The Bertz CT molecular complexity index is 494. The molecule has 0 bridgehead atoms. The highest BCUT2D eigenvalue weighted by Gasteiger charge is 2.19. The lowest BCUT2D eigenvalue weighted by Gasteiger charge is -2.11. The molecule has 0 amide bonds. The Kier molecular flexibility index (Phi) is 13.1. The Morgan fingerprint density at radius 3 is 1.79 bits per heavy atom. The van der Waals surface area contributed by atoms with Gasteiger partial charge in [-0.2, -0.15) is 0 Å². The van der Waals surface area contributed by atoms with Crippen LogP contribution in [-0.4, -0.2) is 12.6 Å². The van der Waals surface area contributed by atoms with Crippen molar-refractivity contribution in [2.45, 2.75) is 116 Å². The van der Waals surface area contributed by atoms with Gasteiger partial charge in [0.15, 0.2) is 0 Å². The number of benzene rings is 1. The van der Waals surface area contributed by atoms with Crippen molar-refractivity contribution in [1.82, 2.24) is 5.32 Å². The third kappa shape index (κ3) is 10.5. The summed E-state index contributed by atoms with van der Waals surface area (Å²) in [7, 11) is 0. The minimum Gasteiger partial charge on any atom is -0.313 e. The summed E-state index contributed by atoms with van der Waals surface area (Å²) in [6, 6.07) is 9.61. The first-order valence-corrected chi connectivity index (χ1v) is 12.4. The van der Waals surface area contributed by atoms with Crippen LogP contribution in [0, 0.1) is 0 Å². The fourth-order valence-corrected chi connectivity index (χ4v) is 4.38. The zero-order chi connectivity index (χ0) is 19.7. The van der Waals surface area contributed by atoms with Crippen LogP contribution in [0.15, 0.2) is 36.4 Å². The van der Waals surface area contributed by atoms with Crippen molar-refractivity contribution >= 4 is 0 Å². The predicted octanol–water partition coefficient (Wildman–Crippen LogP) is 7.78. The first-order valence-electron chi connectivity index (χ1n) is 12.4. The Balaban J connectivity index is 1.29. The minimum absolute atomic E-state index is 0.681. The van der Waals surface area contributed by atoms with Gasteiger partial charge in [0.05, 0.1) is 0 Å². The molecule has 2 rings (SSSR count). The van der Waals surface area contributed by atoms with E-state index in [0.717, 1.165) is 0 Å². The molecule has 0 radical (unpaired) electrons. The Morgan fingerprint density at radius 1 is 0.714 bits per heavy atom. The summed E-state index contributed by atoms with van der Waals surface area (Å²) in [6.07, 6.45) is 26.7. The molecular weight excluding hydrogens is 338 g/mol. The molecule has 0 spiro atoms. The van der Waals surface area contributed by atoms with E-state index in [1.807, 2.05) is 0 Å². The summed E-state index contributed by atoms with van der Waals surface area (Å²) < 4.78 is 0. The number of nitrogens with one attached hydrogen (secondary N) is 1. The van der Waals surface area contributed by atoms with Crippen LogP contribution in [0.3, 0.4) is 0 Å². The largest absolute Gasteiger partial charge is 0.313 e. The van der Waals surface area contributed by atoms with E-state index in [2.05, 4.69) is 48.7 Å². The van der Waals surface area contributed by atoms with Gasteiger partial charge in [-0.05, 0) is 62.6 Å². The number of hydrogen-bond acceptors (Lipinski definition) is 1. The van der Waals surface area contributed by atoms with Crippen LogP contribution in [0.2, 0.25) is 0 Å². The van der Waals surface area contributed by atoms with Gasteiger partial charge < -0.3 is 5.32 Å². The number of allylic oxidation sites excluding steroid dienone is 2. The fraction of sp³-hybridized carbons (Fsp3) is 0.704. The molecule has 1 aliphatic rings. The summed E-state index contributed by atoms with van der Waals surface area (Å²) in [5.74, 6) is 0. The number of rotatable bonds is 17. The predicted molar refractivity (Wildman–Crippen MR) is 125 cm³/mol. The van der Waals surface area contributed by atoms with E-state index in [1.165, 1.54) is 109 Å². The molecule has 0 fully saturated rings. The molecule has 158 valence electrons. The van der Waals surface area contributed by atoms with E-state index >= 15 is 0 Å². The van der Waals surface area contributed by atoms with Crippen LogP contribution < -0.4 is 5.32 Å². The highest BCUT2D eigenvalue weighted by atomic mass is 14.9. The zero-order valence-corrected chi connectivity index (χ0v) is 18.6. The standard InChI is InChI=1S/C27H45N/c1-2-3-4-5-6-7-8-9-10-11-12-13-14-15-16-19-22-28-27-23-25-20-17-18-21-26(25)24-27/h9-10,17-18,20-21,27-28H,2-8,11-16,19,22-24H2,1H3. The maximum Gasteiger partial charge on any atom is 0.0148 e. The van der Waals surface area contributed by atoms with E-state index in [0.29, 0.717) is 6.04 Å². The van der Waals surface area contributed by atoms with Gasteiger partial charge in [-0.15, -0.1) is 0 Å². The van der Waals surface area contributed by atoms with Gasteiger partial charge in [-0.3, -0.25) is 0 Å². The lowest BCUT2D eigenvalue weighted by Crippen LogP contribution is -2.30. The maximum atomic E-state index is 3.77. The van der Waals surface area contributed by atoms with Gasteiger partial charge in [-0.1, -0.05) is 101 Å². The summed E-state index contributed by atoms with van der Waals surface area (Å²) in [5.41, 5.74) is 3.11. The maximum absolute atomic E-state index is 3.77. The third-order valence-corrected chi connectivity index (χ3v) is 6.17. The molecule has 1 nitrogen and oxygen atoms in total. The summed E-state index contributed by atoms with van der Waals surface area (Å²) in [4.78, 5) is 0. The molecule has 0 saturated carbocycles. The van der Waals surface area contributed by atoms with E-state index in [-0.39, 0.29) is 0 Å². The molecule has 1 aromatic carbocycles. The van der Waals surface area contributed by atoms with Gasteiger partial charge in [0.1, 0.15) is 0 Å². The molecule has 1 N–H and O–H groups in total. The van der Waals surface area contributed by atoms with Crippen molar-refractivity contribution in [2.75, 3.05) is 6.54 Å². The SMILES string of the molecule is CCCCCCCCC=CCCCCCCCCNC1Cc2ccccc2C1. The molecule has 0 aliphatic heterocycles. The van der Waals surface area contributed by atoms with Crippen molar-refractivity contribution in [3.05, 3.63) is 47.5 Å². The fourth-order valence-electron chi connectivity index (χ4n) is 4.38. The van der Waals surface area contributed by atoms with Crippen LogP contribution in [-0.2, 0) is 12.8 Å². The van der Waals surface area contributed by atoms with E-state index < -0.39 is 0 Å². The van der Waals surface area contributed by atoms with E-state index in [1.54, 1.807) is 11.1 Å². The quantitative estimate of drug-likeness (QED) is 0.214. The van der Waals surface area contributed by atoms with Gasteiger partial charge >= 0.3 is 0 Å². The molecular formula is C27H45N. The molecule has 28 heavy (non-hydrogen) atoms. The smallest absolute Gasteiger partial charge is 0.0148 e. The summed E-state index contributed by atoms with van der Waals surface area (Å²) >= 11 is 0. The second kappa shape index (κ2) is 15.8. The lowest BCUT2D eigenvalue weighted by atomic mass is 10.1. The van der Waals surface area contributed by atoms with Crippen LogP contribution in [0.1, 0.15) is 108 Å². The Morgan fingerprint density at radius 2 is 1.21 bits per heavy atom. The van der Waals surface area contributed by atoms with Crippen LogP contribution >= 0.6 is 0 Å². The number of unbranched alkanes of at least 4 members (excludes halogenated alkanes) is 12. The molecule has 0 atom stereocenters. The van der Waals surface area contributed by atoms with Crippen LogP contribution in [0.5, 0.6) is 0 Å². The second-order valence-electron chi connectivity index (χ2n) is 8.77. The topological polar surface area (TPSA) is 12.0 Å². The average molecular weight is 384 g/mol. The number of hydrogen-bond donors (Lipinski definition) is 1. The highest BCUT2D eigenvalue weighted by Crippen LogP contribution is 2.21. The first-order chi connectivity index (χ1) is 13.9. The van der Waals surface area contributed by atoms with Gasteiger partial charge in [-0.25, -0.2) is 0 Å². The second-order valence-corrected chi connectivity index (χ2v) is 8.77.